The van der Waals surface area contributed by atoms with Crippen LogP contribution in [0.3, 0.4) is 0 Å². The van der Waals surface area contributed by atoms with Crippen molar-refractivity contribution in [2.75, 3.05) is 13.2 Å². The molecule has 0 saturated carbocycles. The van der Waals surface area contributed by atoms with E-state index >= 15 is 0 Å². The summed E-state index contributed by atoms with van der Waals surface area (Å²) in [5.41, 5.74) is -2.81. The highest BCUT2D eigenvalue weighted by atomic mass is 31.2. The number of furan rings is 1. The maximum absolute atomic E-state index is 14.7. The van der Waals surface area contributed by atoms with E-state index < -0.39 is 18.8 Å². The predicted octanol–water partition coefficient (Wildman–Crippen LogP) is 6.42. The lowest BCUT2D eigenvalue weighted by Gasteiger charge is -2.26. The maximum atomic E-state index is 14.7. The summed E-state index contributed by atoms with van der Waals surface area (Å²) in [5.74, 6) is 0.568. The van der Waals surface area contributed by atoms with Gasteiger partial charge in [-0.15, -0.1) is 0 Å². The van der Waals surface area contributed by atoms with E-state index in [0.717, 1.165) is 5.39 Å². The van der Waals surface area contributed by atoms with E-state index in [1.165, 1.54) is 38.1 Å². The minimum absolute atomic E-state index is 0.135. The fourth-order valence-electron chi connectivity index (χ4n) is 2.66. The van der Waals surface area contributed by atoms with Crippen molar-refractivity contribution in [1.82, 2.24) is 0 Å². The van der Waals surface area contributed by atoms with Gasteiger partial charge in [0.25, 0.3) is 0 Å². The molecule has 0 saturated heterocycles. The van der Waals surface area contributed by atoms with E-state index in [0.29, 0.717) is 16.9 Å². The lowest BCUT2D eigenvalue weighted by atomic mass is 10.1. The van der Waals surface area contributed by atoms with Crippen LogP contribution >= 0.6 is 7.60 Å². The molecule has 0 atom stereocenters. The first-order valence-electron chi connectivity index (χ1n) is 8.28. The molecule has 0 spiro atoms. The standard InChI is InChI=1S/C19H19F2O4P/c1-3-23-26(22,24-4-2)19(20,21)16-11-9-14(10-12-16)18-13-15-7-5-6-8-17(15)25-18/h5-13H,3-4H2,1-2H3. The van der Waals surface area contributed by atoms with Crippen LogP contribution in [0, 0.1) is 0 Å². The lowest BCUT2D eigenvalue weighted by Crippen LogP contribution is -2.18. The molecular formula is C19H19F2O4P. The Morgan fingerprint density at radius 3 is 2.19 bits per heavy atom. The number of hydrogen-bond acceptors (Lipinski definition) is 4. The zero-order valence-corrected chi connectivity index (χ0v) is 15.3. The molecule has 3 rings (SSSR count). The summed E-state index contributed by atoms with van der Waals surface area (Å²) < 4.78 is 57.3. The van der Waals surface area contributed by atoms with Gasteiger partial charge in [-0.3, -0.25) is 4.57 Å². The molecule has 1 heterocycles. The molecule has 138 valence electrons. The Hall–Kier alpha value is -2.01. The van der Waals surface area contributed by atoms with Crippen LogP contribution in [0.2, 0.25) is 0 Å². The monoisotopic (exact) mass is 380 g/mol. The summed E-state index contributed by atoms with van der Waals surface area (Å²) in [7, 11) is -4.61. The Bertz CT molecular complexity index is 891. The van der Waals surface area contributed by atoms with Crippen molar-refractivity contribution in [1.29, 1.82) is 0 Å². The quantitative estimate of drug-likeness (QED) is 0.444. The molecule has 0 N–H and O–H groups in total. The second-order valence-corrected chi connectivity index (χ2v) is 7.67. The van der Waals surface area contributed by atoms with Crippen LogP contribution in [-0.4, -0.2) is 13.2 Å². The molecule has 7 heteroatoms. The van der Waals surface area contributed by atoms with E-state index in [2.05, 4.69) is 0 Å². The summed E-state index contributed by atoms with van der Waals surface area (Å²) in [6, 6.07) is 14.8. The fourth-order valence-corrected chi connectivity index (χ4v) is 4.20. The van der Waals surface area contributed by atoms with E-state index in [1.54, 1.807) is 0 Å². The van der Waals surface area contributed by atoms with Crippen molar-refractivity contribution in [3.8, 4) is 11.3 Å². The topological polar surface area (TPSA) is 48.7 Å². The second-order valence-electron chi connectivity index (χ2n) is 5.60. The highest BCUT2D eigenvalue weighted by Gasteiger charge is 2.54. The Morgan fingerprint density at radius 2 is 1.62 bits per heavy atom. The minimum atomic E-state index is -4.61. The molecular weight excluding hydrogens is 361 g/mol. The van der Waals surface area contributed by atoms with Crippen LogP contribution < -0.4 is 0 Å². The molecule has 0 bridgehead atoms. The first-order valence-corrected chi connectivity index (χ1v) is 9.82. The molecule has 1 aromatic heterocycles. The number of halogens is 2. The zero-order valence-electron chi connectivity index (χ0n) is 14.4. The van der Waals surface area contributed by atoms with E-state index in [4.69, 9.17) is 13.5 Å². The van der Waals surface area contributed by atoms with E-state index in [-0.39, 0.29) is 13.2 Å². The van der Waals surface area contributed by atoms with Crippen LogP contribution in [0.5, 0.6) is 0 Å². The van der Waals surface area contributed by atoms with Gasteiger partial charge in [-0.25, -0.2) is 0 Å². The van der Waals surface area contributed by atoms with Crippen molar-refractivity contribution in [2.24, 2.45) is 0 Å². The van der Waals surface area contributed by atoms with Crippen LogP contribution in [-0.2, 0) is 19.3 Å². The molecule has 0 radical (unpaired) electrons. The molecule has 26 heavy (non-hydrogen) atoms. The van der Waals surface area contributed by atoms with Crippen molar-refractivity contribution in [3.05, 3.63) is 60.2 Å². The Balaban J connectivity index is 1.94. The molecule has 0 aliphatic carbocycles. The Morgan fingerprint density at radius 1 is 1.00 bits per heavy atom. The Kier molecular flexibility index (Phi) is 5.28. The van der Waals surface area contributed by atoms with Gasteiger partial charge in [-0.2, -0.15) is 8.78 Å². The van der Waals surface area contributed by atoms with Gasteiger partial charge in [0.15, 0.2) is 0 Å². The second kappa shape index (κ2) is 7.31. The largest absolute Gasteiger partial charge is 0.456 e. The summed E-state index contributed by atoms with van der Waals surface area (Å²) in [6.45, 7) is 2.71. The molecule has 3 aromatic rings. The molecule has 2 aromatic carbocycles. The smallest absolute Gasteiger partial charge is 0.404 e. The number of hydrogen-bond donors (Lipinski definition) is 0. The predicted molar refractivity (Wildman–Crippen MR) is 96.4 cm³/mol. The average Bonchev–Trinajstić information content (AvgIpc) is 3.06. The molecule has 4 nitrogen and oxygen atoms in total. The number of benzene rings is 2. The Labute approximate surface area is 150 Å². The molecule has 0 aliphatic heterocycles. The number of alkyl halides is 2. The third-order valence-electron chi connectivity index (χ3n) is 3.88. The summed E-state index contributed by atoms with van der Waals surface area (Å²) in [5, 5.41) is 0.925. The van der Waals surface area contributed by atoms with Crippen molar-refractivity contribution >= 4 is 18.6 Å². The van der Waals surface area contributed by atoms with Crippen LogP contribution in [0.15, 0.2) is 59.0 Å². The molecule has 0 aliphatic rings. The van der Waals surface area contributed by atoms with Gasteiger partial charge in [0.2, 0.25) is 0 Å². The highest BCUT2D eigenvalue weighted by molar-refractivity contribution is 7.54. The van der Waals surface area contributed by atoms with Crippen molar-refractivity contribution in [3.63, 3.8) is 0 Å². The van der Waals surface area contributed by atoms with Gasteiger partial charge in [0, 0.05) is 16.5 Å². The summed E-state index contributed by atoms with van der Waals surface area (Å²) >= 11 is 0. The van der Waals surface area contributed by atoms with E-state index in [9.17, 15) is 13.3 Å². The molecule has 0 amide bonds. The van der Waals surface area contributed by atoms with Crippen LogP contribution in [0.4, 0.5) is 8.78 Å². The van der Waals surface area contributed by atoms with Crippen molar-refractivity contribution < 1.29 is 26.8 Å². The van der Waals surface area contributed by atoms with Crippen LogP contribution in [0.1, 0.15) is 19.4 Å². The number of rotatable bonds is 7. The molecule has 0 unspecified atom stereocenters. The normalized spacial score (nSPS) is 12.6. The number of fused-ring (bicyclic) bond motifs is 1. The van der Waals surface area contributed by atoms with Gasteiger partial charge in [0.05, 0.1) is 13.2 Å². The van der Waals surface area contributed by atoms with Gasteiger partial charge >= 0.3 is 13.3 Å². The van der Waals surface area contributed by atoms with Gasteiger partial charge in [-0.1, -0.05) is 42.5 Å². The zero-order chi connectivity index (χ0) is 18.8. The highest BCUT2D eigenvalue weighted by Crippen LogP contribution is 2.66. The minimum Gasteiger partial charge on any atom is -0.456 e. The fraction of sp³-hybridized carbons (Fsp3) is 0.263. The maximum Gasteiger partial charge on any atom is 0.404 e. The number of para-hydroxylation sites is 1. The lowest BCUT2D eigenvalue weighted by molar-refractivity contribution is 0.0360. The van der Waals surface area contributed by atoms with E-state index in [1.807, 2.05) is 30.3 Å². The third kappa shape index (κ3) is 3.32. The SMILES string of the molecule is CCOP(=O)(OCC)C(F)(F)c1ccc(-c2cc3ccccc3o2)cc1. The van der Waals surface area contributed by atoms with Crippen molar-refractivity contribution in [2.45, 2.75) is 19.5 Å². The third-order valence-corrected chi connectivity index (χ3v) is 6.03. The molecule has 0 fully saturated rings. The first-order chi connectivity index (χ1) is 12.4. The van der Waals surface area contributed by atoms with Gasteiger partial charge < -0.3 is 13.5 Å². The van der Waals surface area contributed by atoms with Gasteiger partial charge in [0.1, 0.15) is 11.3 Å². The van der Waals surface area contributed by atoms with Gasteiger partial charge in [-0.05, 0) is 26.0 Å². The van der Waals surface area contributed by atoms with Crippen LogP contribution in [0.25, 0.3) is 22.3 Å². The first kappa shape index (κ1) is 18.8. The summed E-state index contributed by atoms with van der Waals surface area (Å²) in [4.78, 5) is 0. The average molecular weight is 380 g/mol. The summed E-state index contributed by atoms with van der Waals surface area (Å²) in [6.07, 6.45) is 0.